The Bertz CT molecular complexity index is 1030. The van der Waals surface area contributed by atoms with Crippen LogP contribution in [0, 0.1) is 0 Å². The predicted octanol–water partition coefficient (Wildman–Crippen LogP) is 8.76. The highest BCUT2D eigenvalue weighted by molar-refractivity contribution is 8.78. The first kappa shape index (κ1) is 66.9. The summed E-state index contributed by atoms with van der Waals surface area (Å²) in [5, 5.41) is 0. The molecule has 0 spiro atoms. The second kappa shape index (κ2) is 46.3. The summed E-state index contributed by atoms with van der Waals surface area (Å²) < 4.78 is 10.8. The fourth-order valence-corrected chi connectivity index (χ4v) is 9.26. The van der Waals surface area contributed by atoms with E-state index in [2.05, 4.69) is 0 Å². The van der Waals surface area contributed by atoms with Gasteiger partial charge in [0.05, 0.1) is 13.2 Å². The first-order chi connectivity index (χ1) is 26.1. The van der Waals surface area contributed by atoms with Crippen LogP contribution in [0.4, 0.5) is 0 Å². The van der Waals surface area contributed by atoms with Gasteiger partial charge < -0.3 is 42.2 Å². The third kappa shape index (κ3) is 33.4. The van der Waals surface area contributed by atoms with Gasteiger partial charge in [0.2, 0.25) is 12.8 Å². The SMILES string of the molecule is CSS/C(CCOC(=O)[C@@H](N)CCCCN)=C(/C)N(C=O)CCCCCCCCCCCCN(C=O)/C(C)=C(/CCOC(=O)[C@@H](N)CCCCN)SSC.Cl.Cl.Cl.Cl. The number of nitrogens with zero attached hydrogens (tertiary/aromatic N) is 2. The van der Waals surface area contributed by atoms with Crippen LogP contribution in [-0.4, -0.2) is 98.5 Å². The van der Waals surface area contributed by atoms with Crippen molar-refractivity contribution in [1.82, 2.24) is 9.80 Å². The fraction of sp³-hybridized carbons (Fsp3) is 0.789. The van der Waals surface area contributed by atoms with Gasteiger partial charge in [-0.3, -0.25) is 19.2 Å². The largest absolute Gasteiger partial charge is 0.464 e. The average molecular weight is 983 g/mol. The van der Waals surface area contributed by atoms with Crippen molar-refractivity contribution in [1.29, 1.82) is 0 Å². The number of carbonyl (C=O) groups is 4. The molecule has 0 fully saturated rings. The molecule has 0 aliphatic carbocycles. The van der Waals surface area contributed by atoms with E-state index >= 15 is 0 Å². The summed E-state index contributed by atoms with van der Waals surface area (Å²) in [5.74, 6) is -0.783. The zero-order chi connectivity index (χ0) is 40.4. The number of rotatable bonds is 37. The maximum absolute atomic E-state index is 12.2. The lowest BCUT2D eigenvalue weighted by molar-refractivity contribution is -0.146. The van der Waals surface area contributed by atoms with Gasteiger partial charge in [-0.2, -0.15) is 0 Å². The van der Waals surface area contributed by atoms with E-state index < -0.39 is 24.0 Å². The maximum Gasteiger partial charge on any atom is 0.322 e. The molecule has 0 saturated heterocycles. The van der Waals surface area contributed by atoms with Crippen LogP contribution in [0.1, 0.15) is 129 Å². The van der Waals surface area contributed by atoms with Gasteiger partial charge in [0.1, 0.15) is 12.1 Å². The Labute approximate surface area is 391 Å². The molecular weight excluding hydrogens is 907 g/mol. The third-order valence-electron chi connectivity index (χ3n) is 9.03. The molecular formula is C38H76Cl4N6O6S4. The Morgan fingerprint density at radius 2 is 0.862 bits per heavy atom. The highest BCUT2D eigenvalue weighted by Crippen LogP contribution is 2.34. The average Bonchev–Trinajstić information content (AvgIpc) is 3.16. The molecule has 0 aromatic carbocycles. The fourth-order valence-electron chi connectivity index (χ4n) is 5.62. The van der Waals surface area contributed by atoms with Gasteiger partial charge in [-0.15, -0.1) is 49.6 Å². The van der Waals surface area contributed by atoms with Gasteiger partial charge >= 0.3 is 11.9 Å². The number of ether oxygens (including phenoxy) is 2. The van der Waals surface area contributed by atoms with Gasteiger partial charge in [-0.1, -0.05) is 107 Å². The highest BCUT2D eigenvalue weighted by atomic mass is 35.5. The lowest BCUT2D eigenvalue weighted by Crippen LogP contribution is -2.32. The van der Waals surface area contributed by atoms with Gasteiger partial charge in [0.25, 0.3) is 0 Å². The van der Waals surface area contributed by atoms with Crippen LogP contribution in [0.2, 0.25) is 0 Å². The molecule has 0 saturated carbocycles. The molecule has 20 heteroatoms. The number of carbonyl (C=O) groups excluding carboxylic acids is 4. The number of hydrogen-bond donors (Lipinski definition) is 4. The molecule has 8 N–H and O–H groups in total. The number of hydrogen-bond acceptors (Lipinski definition) is 14. The maximum atomic E-state index is 12.2. The molecule has 0 aliphatic heterocycles. The summed E-state index contributed by atoms with van der Waals surface area (Å²) in [6.45, 7) is 6.88. The van der Waals surface area contributed by atoms with Crippen molar-refractivity contribution in [2.45, 2.75) is 142 Å². The van der Waals surface area contributed by atoms with Crippen LogP contribution in [0.25, 0.3) is 0 Å². The van der Waals surface area contributed by atoms with Crippen molar-refractivity contribution < 1.29 is 28.7 Å². The van der Waals surface area contributed by atoms with Gasteiger partial charge in [-0.05, 0) is 78.0 Å². The topological polar surface area (TPSA) is 197 Å². The van der Waals surface area contributed by atoms with Crippen molar-refractivity contribution in [2.24, 2.45) is 22.9 Å². The lowest BCUT2D eigenvalue weighted by atomic mass is 10.1. The van der Waals surface area contributed by atoms with Gasteiger partial charge in [-0.25, -0.2) is 0 Å². The summed E-state index contributed by atoms with van der Waals surface area (Å²) in [5.41, 5.74) is 24.7. The molecule has 0 aliphatic rings. The minimum Gasteiger partial charge on any atom is -0.464 e. The van der Waals surface area contributed by atoms with Crippen LogP contribution in [0.5, 0.6) is 0 Å². The Hall–Kier alpha value is -0.240. The molecule has 12 nitrogen and oxygen atoms in total. The Balaban J connectivity index is -0.00000234. The second-order valence-electron chi connectivity index (χ2n) is 13.3. The second-order valence-corrected chi connectivity index (χ2v) is 18.3. The van der Waals surface area contributed by atoms with E-state index in [-0.39, 0.29) is 62.8 Å². The number of allylic oxidation sites excluding steroid dienone is 2. The van der Waals surface area contributed by atoms with Gasteiger partial charge in [0, 0.05) is 47.1 Å². The smallest absolute Gasteiger partial charge is 0.322 e. The van der Waals surface area contributed by atoms with Crippen LogP contribution < -0.4 is 22.9 Å². The van der Waals surface area contributed by atoms with Gasteiger partial charge in [0.15, 0.2) is 0 Å². The number of nitrogens with two attached hydrogens (primary N) is 4. The monoisotopic (exact) mass is 980 g/mol. The zero-order valence-electron chi connectivity index (χ0n) is 35.2. The molecule has 2 amide bonds. The van der Waals surface area contributed by atoms with E-state index in [1.54, 1.807) is 53.0 Å². The number of amides is 2. The van der Waals surface area contributed by atoms with Crippen LogP contribution >= 0.6 is 92.8 Å². The number of halogens is 4. The summed E-state index contributed by atoms with van der Waals surface area (Å²) in [7, 11) is 6.40. The minimum atomic E-state index is -0.632. The quantitative estimate of drug-likeness (QED) is 0.0200. The molecule has 0 rings (SSSR count). The minimum absolute atomic E-state index is 0. The van der Waals surface area contributed by atoms with Crippen LogP contribution in [0.3, 0.4) is 0 Å². The Morgan fingerprint density at radius 1 is 0.552 bits per heavy atom. The van der Waals surface area contributed by atoms with Crippen molar-refractivity contribution in [3.8, 4) is 0 Å². The van der Waals surface area contributed by atoms with Crippen LogP contribution in [0.15, 0.2) is 21.2 Å². The first-order valence-electron chi connectivity index (χ1n) is 19.6. The summed E-state index contributed by atoms with van der Waals surface area (Å²) >= 11 is 0. The lowest BCUT2D eigenvalue weighted by Gasteiger charge is -2.22. The Morgan fingerprint density at radius 3 is 1.14 bits per heavy atom. The summed E-state index contributed by atoms with van der Waals surface area (Å²) in [4.78, 5) is 53.9. The normalized spacial score (nSPS) is 12.5. The predicted molar refractivity (Wildman–Crippen MR) is 261 cm³/mol. The molecule has 0 aromatic heterocycles. The van der Waals surface area contributed by atoms with E-state index in [4.69, 9.17) is 32.4 Å². The zero-order valence-corrected chi connectivity index (χ0v) is 41.7. The molecule has 0 bridgehead atoms. The van der Waals surface area contributed by atoms with Crippen molar-refractivity contribution in [2.75, 3.05) is 51.9 Å². The molecule has 0 aromatic rings. The van der Waals surface area contributed by atoms with E-state index in [1.165, 1.54) is 25.7 Å². The molecule has 2 atom stereocenters. The van der Waals surface area contributed by atoms with E-state index in [0.717, 1.165) is 98.2 Å². The number of esters is 2. The molecule has 58 heavy (non-hydrogen) atoms. The standard InChI is InChI=1S/C38H72N6O6S4.4ClH/c1-31(35(53-51-3)21-27-49-37(47)33(41)19-13-15-23-39)43(29-45)25-17-11-9-7-5-6-8-10-12-18-26-44(30-46)32(2)36(54-52-4)22-28-50-38(48)34(42)20-14-16-24-40;;;;/h29-30,33-34H,5-28,39-42H2,1-4H3;4*1H/b35-31-,36-32-;;;;/t33-,34-;;;;/m0..../s1. The molecule has 0 unspecified atom stereocenters. The molecule has 346 valence electrons. The molecule has 0 heterocycles. The van der Waals surface area contributed by atoms with Crippen LogP contribution in [-0.2, 0) is 28.7 Å². The van der Waals surface area contributed by atoms with Crippen molar-refractivity contribution in [3.05, 3.63) is 21.2 Å². The van der Waals surface area contributed by atoms with E-state index in [1.807, 2.05) is 26.4 Å². The molecule has 0 radical (unpaired) electrons. The third-order valence-corrected chi connectivity index (χ3v) is 13.0. The summed E-state index contributed by atoms with van der Waals surface area (Å²) in [6.07, 6.45) is 22.3. The Kier molecular flexibility index (Phi) is 53.3. The highest BCUT2D eigenvalue weighted by Gasteiger charge is 2.18. The van der Waals surface area contributed by atoms with E-state index in [9.17, 15) is 19.2 Å². The van der Waals surface area contributed by atoms with Crippen molar-refractivity contribution >= 4 is 118 Å². The first-order valence-corrected chi connectivity index (χ1v) is 24.7. The van der Waals surface area contributed by atoms with E-state index in [0.29, 0.717) is 51.9 Å². The summed E-state index contributed by atoms with van der Waals surface area (Å²) in [6, 6.07) is -1.26. The van der Waals surface area contributed by atoms with Crippen molar-refractivity contribution in [3.63, 3.8) is 0 Å². The number of unbranched alkanes of at least 4 members (excludes halogenated alkanes) is 11.